The minimum Gasteiger partial charge on any atom is -0.350 e. The van der Waals surface area contributed by atoms with Gasteiger partial charge in [0.2, 0.25) is 5.91 Å². The molecule has 1 atom stereocenters. The Balaban J connectivity index is 2.34. The van der Waals surface area contributed by atoms with Gasteiger partial charge in [0.05, 0.1) is 15.4 Å². The van der Waals surface area contributed by atoms with Gasteiger partial charge in [0.15, 0.2) is 0 Å². The van der Waals surface area contributed by atoms with Crippen LogP contribution in [-0.4, -0.2) is 10.8 Å². The lowest BCUT2D eigenvalue weighted by Gasteiger charge is -2.14. The summed E-state index contributed by atoms with van der Waals surface area (Å²) in [6, 6.07) is 8.53. The summed E-state index contributed by atoms with van der Waals surface area (Å²) >= 11 is 3.07. The minimum absolute atomic E-state index is 0.134. The standard InChI is InChI=1S/C16H15BrFN3O3/c1-9(19-10(2)22)11-3-6-15(16(7-11)21(23)24)20-12-4-5-14(18)13(17)8-12/h3-9,20H,1-2H3,(H,19,22). The number of amides is 1. The Morgan fingerprint density at radius 1 is 1.29 bits per heavy atom. The van der Waals surface area contributed by atoms with Gasteiger partial charge in [-0.2, -0.15) is 0 Å². The first kappa shape index (κ1) is 17.9. The quantitative estimate of drug-likeness (QED) is 0.578. The van der Waals surface area contributed by atoms with Crippen molar-refractivity contribution < 1.29 is 14.1 Å². The van der Waals surface area contributed by atoms with Gasteiger partial charge in [-0.15, -0.1) is 0 Å². The van der Waals surface area contributed by atoms with Gasteiger partial charge < -0.3 is 10.6 Å². The molecule has 0 saturated heterocycles. The van der Waals surface area contributed by atoms with Crippen molar-refractivity contribution >= 4 is 38.9 Å². The summed E-state index contributed by atoms with van der Waals surface area (Å²) in [5.74, 6) is -0.641. The highest BCUT2D eigenvalue weighted by molar-refractivity contribution is 9.10. The predicted octanol–water partition coefficient (Wildman–Crippen LogP) is 4.44. The molecule has 8 heteroatoms. The van der Waals surface area contributed by atoms with Gasteiger partial charge >= 0.3 is 0 Å². The predicted molar refractivity (Wildman–Crippen MR) is 92.7 cm³/mol. The van der Waals surface area contributed by atoms with E-state index in [0.29, 0.717) is 11.3 Å². The Morgan fingerprint density at radius 3 is 2.58 bits per heavy atom. The first-order chi connectivity index (χ1) is 11.3. The normalized spacial score (nSPS) is 11.7. The summed E-state index contributed by atoms with van der Waals surface area (Å²) in [5, 5.41) is 16.9. The van der Waals surface area contributed by atoms with Crippen LogP contribution in [-0.2, 0) is 4.79 Å². The second-order valence-corrected chi connectivity index (χ2v) is 6.06. The molecule has 0 aliphatic heterocycles. The van der Waals surface area contributed by atoms with Crippen molar-refractivity contribution in [3.8, 4) is 0 Å². The van der Waals surface area contributed by atoms with E-state index < -0.39 is 10.7 Å². The molecule has 2 N–H and O–H groups in total. The molecule has 0 heterocycles. The summed E-state index contributed by atoms with van der Waals surface area (Å²) in [5.41, 5.74) is 1.26. The van der Waals surface area contributed by atoms with Crippen molar-refractivity contribution in [2.75, 3.05) is 5.32 Å². The molecule has 24 heavy (non-hydrogen) atoms. The smallest absolute Gasteiger partial charge is 0.293 e. The van der Waals surface area contributed by atoms with E-state index in [-0.39, 0.29) is 27.8 Å². The van der Waals surface area contributed by atoms with Crippen LogP contribution >= 0.6 is 15.9 Å². The summed E-state index contributed by atoms with van der Waals surface area (Å²) < 4.78 is 13.5. The number of halogens is 2. The lowest BCUT2D eigenvalue weighted by molar-refractivity contribution is -0.384. The average molecular weight is 396 g/mol. The zero-order chi connectivity index (χ0) is 17.9. The van der Waals surface area contributed by atoms with Crippen LogP contribution < -0.4 is 10.6 Å². The number of carbonyl (C=O) groups excluding carboxylic acids is 1. The monoisotopic (exact) mass is 395 g/mol. The van der Waals surface area contributed by atoms with Crippen LogP contribution in [0.25, 0.3) is 0 Å². The molecule has 126 valence electrons. The van der Waals surface area contributed by atoms with Crippen molar-refractivity contribution in [1.82, 2.24) is 5.32 Å². The van der Waals surface area contributed by atoms with Crippen LogP contribution in [0, 0.1) is 15.9 Å². The van der Waals surface area contributed by atoms with E-state index in [2.05, 4.69) is 26.6 Å². The van der Waals surface area contributed by atoms with E-state index in [0.717, 1.165) is 0 Å². The number of hydrogen-bond acceptors (Lipinski definition) is 4. The number of nitrogens with one attached hydrogen (secondary N) is 2. The average Bonchev–Trinajstić information content (AvgIpc) is 2.50. The maximum Gasteiger partial charge on any atom is 0.293 e. The Kier molecular flexibility index (Phi) is 5.50. The Bertz CT molecular complexity index is 798. The topological polar surface area (TPSA) is 84.3 Å². The largest absolute Gasteiger partial charge is 0.350 e. The molecule has 1 amide bonds. The van der Waals surface area contributed by atoms with Crippen LogP contribution in [0.5, 0.6) is 0 Å². The molecule has 2 rings (SSSR count). The number of carbonyl (C=O) groups is 1. The SMILES string of the molecule is CC(=O)NC(C)c1ccc(Nc2ccc(F)c(Br)c2)c([N+](=O)[O-])c1. The fourth-order valence-electron chi connectivity index (χ4n) is 2.19. The minimum atomic E-state index is -0.509. The molecule has 2 aromatic rings. The van der Waals surface area contributed by atoms with Crippen LogP contribution in [0.2, 0.25) is 0 Å². The Morgan fingerprint density at radius 2 is 2.00 bits per heavy atom. The van der Waals surface area contributed by atoms with Crippen molar-refractivity contribution in [1.29, 1.82) is 0 Å². The lowest BCUT2D eigenvalue weighted by atomic mass is 10.1. The highest BCUT2D eigenvalue weighted by Crippen LogP contribution is 2.31. The molecule has 0 fully saturated rings. The molecule has 0 bridgehead atoms. The van der Waals surface area contributed by atoms with E-state index in [4.69, 9.17) is 0 Å². The van der Waals surface area contributed by atoms with Gasteiger partial charge in [-0.05, 0) is 52.7 Å². The van der Waals surface area contributed by atoms with Crippen molar-refractivity contribution in [2.45, 2.75) is 19.9 Å². The number of nitro benzene ring substituents is 1. The summed E-state index contributed by atoms with van der Waals surface area (Å²) in [4.78, 5) is 22.0. The molecular formula is C16H15BrFN3O3. The van der Waals surface area contributed by atoms with Gasteiger partial charge in [-0.1, -0.05) is 6.07 Å². The van der Waals surface area contributed by atoms with Crippen molar-refractivity contribution in [3.05, 3.63) is 62.4 Å². The number of rotatable bonds is 5. The first-order valence-corrected chi connectivity index (χ1v) is 7.84. The number of benzene rings is 2. The highest BCUT2D eigenvalue weighted by atomic mass is 79.9. The zero-order valence-corrected chi connectivity index (χ0v) is 14.6. The van der Waals surface area contributed by atoms with Gasteiger partial charge in [0, 0.05) is 18.7 Å². The van der Waals surface area contributed by atoms with Gasteiger partial charge in [0.1, 0.15) is 11.5 Å². The Labute approximate surface area is 146 Å². The molecule has 6 nitrogen and oxygen atoms in total. The number of nitrogens with zero attached hydrogens (tertiary/aromatic N) is 1. The van der Waals surface area contributed by atoms with Gasteiger partial charge in [-0.3, -0.25) is 14.9 Å². The van der Waals surface area contributed by atoms with Crippen molar-refractivity contribution in [2.24, 2.45) is 0 Å². The van der Waals surface area contributed by atoms with Crippen LogP contribution in [0.15, 0.2) is 40.9 Å². The molecule has 0 aromatic heterocycles. The lowest BCUT2D eigenvalue weighted by Crippen LogP contribution is -2.23. The van der Waals surface area contributed by atoms with E-state index in [1.165, 1.54) is 31.2 Å². The van der Waals surface area contributed by atoms with Crippen LogP contribution in [0.4, 0.5) is 21.5 Å². The molecule has 2 aromatic carbocycles. The molecule has 0 spiro atoms. The van der Waals surface area contributed by atoms with Gasteiger partial charge in [0.25, 0.3) is 5.69 Å². The van der Waals surface area contributed by atoms with E-state index in [9.17, 15) is 19.3 Å². The summed E-state index contributed by atoms with van der Waals surface area (Å²) in [6.45, 7) is 3.12. The van der Waals surface area contributed by atoms with E-state index in [1.807, 2.05) is 0 Å². The van der Waals surface area contributed by atoms with E-state index in [1.54, 1.807) is 19.1 Å². The fraction of sp³-hybridized carbons (Fsp3) is 0.188. The number of hydrogen-bond donors (Lipinski definition) is 2. The van der Waals surface area contributed by atoms with Crippen LogP contribution in [0.1, 0.15) is 25.5 Å². The van der Waals surface area contributed by atoms with Crippen LogP contribution in [0.3, 0.4) is 0 Å². The zero-order valence-electron chi connectivity index (χ0n) is 13.0. The fourth-order valence-corrected chi connectivity index (χ4v) is 2.57. The molecule has 1 unspecified atom stereocenters. The second kappa shape index (κ2) is 7.39. The molecular weight excluding hydrogens is 381 g/mol. The third-order valence-electron chi connectivity index (χ3n) is 3.34. The number of nitro groups is 1. The molecule has 0 aliphatic rings. The first-order valence-electron chi connectivity index (χ1n) is 7.05. The second-order valence-electron chi connectivity index (χ2n) is 5.21. The summed E-state index contributed by atoms with van der Waals surface area (Å²) in [6.07, 6.45) is 0. The Hall–Kier alpha value is -2.48. The molecule has 0 saturated carbocycles. The summed E-state index contributed by atoms with van der Waals surface area (Å²) in [7, 11) is 0. The maximum absolute atomic E-state index is 13.3. The molecule has 0 radical (unpaired) electrons. The molecule has 0 aliphatic carbocycles. The van der Waals surface area contributed by atoms with E-state index >= 15 is 0 Å². The van der Waals surface area contributed by atoms with Crippen molar-refractivity contribution in [3.63, 3.8) is 0 Å². The van der Waals surface area contributed by atoms with Gasteiger partial charge in [-0.25, -0.2) is 4.39 Å². The third-order valence-corrected chi connectivity index (χ3v) is 3.94. The highest BCUT2D eigenvalue weighted by Gasteiger charge is 2.18. The maximum atomic E-state index is 13.3. The third kappa shape index (κ3) is 4.29. The number of anilines is 2.